The van der Waals surface area contributed by atoms with E-state index in [0.29, 0.717) is 42.2 Å². The minimum atomic E-state index is -0.340. The van der Waals surface area contributed by atoms with Gasteiger partial charge >= 0.3 is 6.03 Å². The summed E-state index contributed by atoms with van der Waals surface area (Å²) in [5, 5.41) is 3.53. The van der Waals surface area contributed by atoms with Crippen LogP contribution in [0.4, 0.5) is 10.5 Å². The highest BCUT2D eigenvalue weighted by Gasteiger charge is 2.31. The number of aliphatic imine (C=N–C) groups is 1. The standard InChI is InChI=1S/C31H36N8O4/c1-20(30(41)37(2)18-27-34-26-7-5-4-6-24(26)29(40)36-27)16-28(33-19-32)38-13-11-22(12-14-38)39-15-10-21-17-23(43-3)8-9-25(21)35-31(39)42/h4-9,16-17,19,22H,1,10-15,18H2,2-3H3,(H2,32,33)(H,35,42)(H,34,36,40)/b28-16+. The largest absolute Gasteiger partial charge is 0.497 e. The summed E-state index contributed by atoms with van der Waals surface area (Å²) in [5.74, 6) is 1.32. The molecule has 12 nitrogen and oxygen atoms in total. The van der Waals surface area contributed by atoms with Crippen molar-refractivity contribution in [2.75, 3.05) is 39.1 Å². The molecule has 0 atom stereocenters. The Kier molecular flexibility index (Phi) is 8.74. The SMILES string of the molecule is C=C(/C=C(\N=CN)N1CCC(N2CCc3cc(OC)ccc3NC2=O)CC1)C(=O)N(C)Cc1nc2ccccc2c(=O)[nH]1. The zero-order chi connectivity index (χ0) is 30.5. The summed E-state index contributed by atoms with van der Waals surface area (Å²) in [5.41, 5.74) is 8.03. The van der Waals surface area contributed by atoms with E-state index in [1.54, 1.807) is 38.4 Å². The van der Waals surface area contributed by atoms with Crippen molar-refractivity contribution in [2.45, 2.75) is 31.8 Å². The van der Waals surface area contributed by atoms with E-state index in [4.69, 9.17) is 10.5 Å². The average Bonchev–Trinajstić information content (AvgIpc) is 3.18. The number of ether oxygens (including phenoxy) is 1. The highest BCUT2D eigenvalue weighted by Crippen LogP contribution is 2.28. The molecule has 0 spiro atoms. The van der Waals surface area contributed by atoms with Crippen LogP contribution in [0.2, 0.25) is 0 Å². The summed E-state index contributed by atoms with van der Waals surface area (Å²) in [4.78, 5) is 55.6. The molecule has 1 saturated heterocycles. The average molecular weight is 585 g/mol. The molecule has 2 aliphatic heterocycles. The van der Waals surface area contributed by atoms with Gasteiger partial charge in [0.15, 0.2) is 0 Å². The molecular formula is C31H36N8O4. The molecule has 4 N–H and O–H groups in total. The van der Waals surface area contributed by atoms with E-state index >= 15 is 0 Å². The number of carbonyl (C=O) groups excluding carboxylic acids is 2. The van der Waals surface area contributed by atoms with Crippen molar-refractivity contribution in [1.82, 2.24) is 24.7 Å². The number of likely N-dealkylation sites (tertiary alicyclic amines) is 1. The van der Waals surface area contributed by atoms with E-state index in [0.717, 1.165) is 36.3 Å². The van der Waals surface area contributed by atoms with E-state index in [2.05, 4.69) is 26.9 Å². The molecule has 0 unspecified atom stereocenters. The fraction of sp³-hybridized carbons (Fsp3) is 0.323. The lowest BCUT2D eigenvalue weighted by Crippen LogP contribution is -2.48. The first kappa shape index (κ1) is 29.4. The van der Waals surface area contributed by atoms with E-state index in [1.807, 2.05) is 34.1 Å². The number of methoxy groups -OCH3 is 1. The number of benzene rings is 2. The first-order valence-electron chi connectivity index (χ1n) is 14.1. The zero-order valence-corrected chi connectivity index (χ0v) is 24.4. The summed E-state index contributed by atoms with van der Waals surface area (Å²) in [6.07, 6.45) is 4.99. The number of para-hydroxylation sites is 1. The number of likely N-dealkylation sites (N-methyl/N-ethyl adjacent to an activating group) is 1. The lowest BCUT2D eigenvalue weighted by atomic mass is 10.0. The van der Waals surface area contributed by atoms with Crippen LogP contribution in [-0.2, 0) is 17.8 Å². The Morgan fingerprint density at radius 2 is 1.98 bits per heavy atom. The third-order valence-corrected chi connectivity index (χ3v) is 7.85. The number of hydrogen-bond acceptors (Lipinski definition) is 7. The van der Waals surface area contributed by atoms with Gasteiger partial charge in [-0.1, -0.05) is 18.7 Å². The van der Waals surface area contributed by atoms with Gasteiger partial charge in [0.25, 0.3) is 11.5 Å². The summed E-state index contributed by atoms with van der Waals surface area (Å²) in [6.45, 7) is 5.92. The molecule has 0 saturated carbocycles. The van der Waals surface area contributed by atoms with Gasteiger partial charge in [-0.2, -0.15) is 0 Å². The number of piperidine rings is 1. The monoisotopic (exact) mass is 584 g/mol. The minimum Gasteiger partial charge on any atom is -0.497 e. The van der Waals surface area contributed by atoms with Gasteiger partial charge in [-0.3, -0.25) is 9.59 Å². The quantitative estimate of drug-likeness (QED) is 0.160. The van der Waals surface area contributed by atoms with Crippen LogP contribution in [0.5, 0.6) is 5.75 Å². The number of nitrogens with one attached hydrogen (secondary N) is 2. The van der Waals surface area contributed by atoms with Gasteiger partial charge < -0.3 is 35.5 Å². The van der Waals surface area contributed by atoms with Crippen LogP contribution in [0.1, 0.15) is 24.2 Å². The second kappa shape index (κ2) is 12.8. The van der Waals surface area contributed by atoms with E-state index < -0.39 is 0 Å². The maximum absolute atomic E-state index is 13.2. The molecule has 0 bridgehead atoms. The van der Waals surface area contributed by atoms with E-state index in [9.17, 15) is 14.4 Å². The molecule has 1 fully saturated rings. The number of nitrogens with zero attached hydrogens (tertiary/aromatic N) is 5. The molecule has 224 valence electrons. The number of hydrogen-bond donors (Lipinski definition) is 3. The van der Waals surface area contributed by atoms with Crippen LogP contribution in [-0.4, -0.2) is 82.8 Å². The molecule has 12 heteroatoms. The Morgan fingerprint density at radius 1 is 1.21 bits per heavy atom. The number of H-pyrrole nitrogens is 1. The number of carbonyl (C=O) groups is 2. The van der Waals surface area contributed by atoms with Crippen molar-refractivity contribution in [1.29, 1.82) is 0 Å². The molecule has 3 amide bonds. The lowest BCUT2D eigenvalue weighted by Gasteiger charge is -2.38. The molecule has 1 aromatic heterocycles. The Hall–Kier alpha value is -5.13. The van der Waals surface area contributed by atoms with Crippen molar-refractivity contribution < 1.29 is 14.3 Å². The number of urea groups is 1. The van der Waals surface area contributed by atoms with Crippen molar-refractivity contribution >= 4 is 34.9 Å². The first-order chi connectivity index (χ1) is 20.8. The fourth-order valence-electron chi connectivity index (χ4n) is 5.57. The predicted molar refractivity (Wildman–Crippen MR) is 166 cm³/mol. The number of anilines is 1. The van der Waals surface area contributed by atoms with E-state index in [1.165, 1.54) is 11.2 Å². The smallest absolute Gasteiger partial charge is 0.322 e. The van der Waals surface area contributed by atoms with Crippen LogP contribution >= 0.6 is 0 Å². The number of nitrogens with two attached hydrogens (primary N) is 1. The molecule has 0 radical (unpaired) electrons. The summed E-state index contributed by atoms with van der Waals surface area (Å²) < 4.78 is 5.34. The van der Waals surface area contributed by atoms with Gasteiger partial charge in [-0.25, -0.2) is 14.8 Å². The van der Waals surface area contributed by atoms with Gasteiger partial charge in [-0.05, 0) is 61.2 Å². The van der Waals surface area contributed by atoms with Crippen LogP contribution in [0.15, 0.2) is 76.3 Å². The Balaban J connectivity index is 1.21. The van der Waals surface area contributed by atoms with Crippen LogP contribution in [0.3, 0.4) is 0 Å². The molecule has 43 heavy (non-hydrogen) atoms. The van der Waals surface area contributed by atoms with Gasteiger partial charge in [0, 0.05) is 44.0 Å². The van der Waals surface area contributed by atoms with Crippen LogP contribution in [0, 0.1) is 0 Å². The third-order valence-electron chi connectivity index (χ3n) is 7.85. The molecule has 3 heterocycles. The Labute approximate surface area is 249 Å². The van der Waals surface area contributed by atoms with Crippen LogP contribution in [0.25, 0.3) is 10.9 Å². The lowest BCUT2D eigenvalue weighted by molar-refractivity contribution is -0.126. The third kappa shape index (κ3) is 6.53. The van der Waals surface area contributed by atoms with Crippen molar-refractivity contribution in [2.24, 2.45) is 10.7 Å². The molecular weight excluding hydrogens is 548 g/mol. The second-order valence-electron chi connectivity index (χ2n) is 10.6. The summed E-state index contributed by atoms with van der Waals surface area (Å²) >= 11 is 0. The maximum Gasteiger partial charge on any atom is 0.322 e. The topological polar surface area (TPSA) is 149 Å². The highest BCUT2D eigenvalue weighted by molar-refractivity contribution is 5.95. The predicted octanol–water partition coefficient (Wildman–Crippen LogP) is 2.83. The summed E-state index contributed by atoms with van der Waals surface area (Å²) in [7, 11) is 3.25. The Bertz CT molecular complexity index is 1650. The zero-order valence-electron chi connectivity index (χ0n) is 24.4. The van der Waals surface area contributed by atoms with Crippen molar-refractivity contribution in [3.05, 3.63) is 88.3 Å². The van der Waals surface area contributed by atoms with Crippen LogP contribution < -0.4 is 21.3 Å². The van der Waals surface area contributed by atoms with Crippen molar-refractivity contribution in [3.63, 3.8) is 0 Å². The van der Waals surface area contributed by atoms with Gasteiger partial charge in [0.05, 0.1) is 30.9 Å². The molecule has 2 aliphatic rings. The molecule has 5 rings (SSSR count). The van der Waals surface area contributed by atoms with Gasteiger partial charge in [-0.15, -0.1) is 0 Å². The highest BCUT2D eigenvalue weighted by atomic mass is 16.5. The Morgan fingerprint density at radius 3 is 2.72 bits per heavy atom. The number of aromatic amines is 1. The molecule has 0 aliphatic carbocycles. The number of rotatable bonds is 8. The molecule has 2 aromatic carbocycles. The number of amides is 3. The fourth-order valence-corrected chi connectivity index (χ4v) is 5.57. The minimum absolute atomic E-state index is 0.0585. The number of aromatic nitrogens is 2. The second-order valence-corrected chi connectivity index (χ2v) is 10.6. The molecule has 3 aromatic rings. The normalized spacial score (nSPS) is 16.1. The number of fused-ring (bicyclic) bond motifs is 2. The summed E-state index contributed by atoms with van der Waals surface area (Å²) in [6, 6.07) is 12.7. The van der Waals surface area contributed by atoms with Gasteiger partial charge in [0.1, 0.15) is 17.4 Å². The maximum atomic E-state index is 13.2. The van der Waals surface area contributed by atoms with Gasteiger partial charge in [0.2, 0.25) is 0 Å². The first-order valence-corrected chi connectivity index (χ1v) is 14.1. The van der Waals surface area contributed by atoms with E-state index in [-0.39, 0.29) is 35.7 Å². The van der Waals surface area contributed by atoms with Crippen molar-refractivity contribution in [3.8, 4) is 5.75 Å².